The molecule has 7 nitrogen and oxygen atoms in total. The standard InChI is InChI=1S/C16H26N2O5/c1-21-11-8-14(22-2)12(15(9-11)23-3)10-18-13(16(19)20)6-4-5-7-17/h8-9,13,18H,4-7,10,17H2,1-3H3,(H,19,20)/t13-/m0/s1. The summed E-state index contributed by atoms with van der Waals surface area (Å²) in [6.07, 6.45) is 2.09. The van der Waals surface area contributed by atoms with Crippen LogP contribution in [0.3, 0.4) is 0 Å². The summed E-state index contributed by atoms with van der Waals surface area (Å²) in [4.78, 5) is 11.3. The maximum atomic E-state index is 11.3. The summed E-state index contributed by atoms with van der Waals surface area (Å²) >= 11 is 0. The van der Waals surface area contributed by atoms with Crippen molar-refractivity contribution in [3.8, 4) is 17.2 Å². The van der Waals surface area contributed by atoms with Crippen LogP contribution in [-0.4, -0.2) is 45.0 Å². The van der Waals surface area contributed by atoms with Crippen molar-refractivity contribution >= 4 is 5.97 Å². The van der Waals surface area contributed by atoms with Crippen LogP contribution in [0.25, 0.3) is 0 Å². The SMILES string of the molecule is COc1cc(OC)c(CN[C@@H](CCCCN)C(=O)O)c(OC)c1. The number of aliphatic carboxylic acids is 1. The lowest BCUT2D eigenvalue weighted by Gasteiger charge is -2.18. The van der Waals surface area contributed by atoms with Gasteiger partial charge >= 0.3 is 5.97 Å². The largest absolute Gasteiger partial charge is 0.496 e. The second-order valence-corrected chi connectivity index (χ2v) is 5.07. The topological polar surface area (TPSA) is 103 Å². The molecule has 1 atom stereocenters. The number of carboxylic acid groups (broad SMARTS) is 1. The van der Waals surface area contributed by atoms with Gasteiger partial charge in [0.2, 0.25) is 0 Å². The maximum absolute atomic E-state index is 11.3. The number of ether oxygens (including phenoxy) is 3. The minimum Gasteiger partial charge on any atom is -0.496 e. The minimum absolute atomic E-state index is 0.315. The Kier molecular flexibility index (Phi) is 8.21. The van der Waals surface area contributed by atoms with E-state index in [1.807, 2.05) is 0 Å². The normalized spacial score (nSPS) is 11.8. The molecule has 0 spiro atoms. The Hall–Kier alpha value is -1.99. The van der Waals surface area contributed by atoms with Crippen LogP contribution in [0.4, 0.5) is 0 Å². The molecule has 0 radical (unpaired) electrons. The third-order valence-corrected chi connectivity index (χ3v) is 3.59. The number of carbonyl (C=O) groups is 1. The van der Waals surface area contributed by atoms with E-state index in [9.17, 15) is 9.90 Å². The van der Waals surface area contributed by atoms with Crippen LogP contribution in [-0.2, 0) is 11.3 Å². The quantitative estimate of drug-likeness (QED) is 0.528. The highest BCUT2D eigenvalue weighted by Crippen LogP contribution is 2.34. The van der Waals surface area contributed by atoms with E-state index in [0.717, 1.165) is 18.4 Å². The number of nitrogens with one attached hydrogen (secondary N) is 1. The molecule has 23 heavy (non-hydrogen) atoms. The van der Waals surface area contributed by atoms with E-state index in [1.165, 1.54) is 0 Å². The first-order valence-corrected chi connectivity index (χ1v) is 7.52. The lowest BCUT2D eigenvalue weighted by Crippen LogP contribution is -2.36. The molecule has 1 aromatic carbocycles. The number of hydrogen-bond acceptors (Lipinski definition) is 6. The molecule has 0 aliphatic heterocycles. The van der Waals surface area contributed by atoms with Crippen LogP contribution in [0.1, 0.15) is 24.8 Å². The maximum Gasteiger partial charge on any atom is 0.320 e. The van der Waals surface area contributed by atoms with Crippen molar-refractivity contribution in [3.05, 3.63) is 17.7 Å². The fourth-order valence-corrected chi connectivity index (χ4v) is 2.28. The van der Waals surface area contributed by atoms with E-state index in [0.29, 0.717) is 36.8 Å². The predicted octanol–water partition coefficient (Wildman–Crippen LogP) is 1.38. The van der Waals surface area contributed by atoms with Crippen LogP contribution in [0.15, 0.2) is 12.1 Å². The molecule has 0 aliphatic rings. The number of nitrogens with two attached hydrogens (primary N) is 1. The molecule has 0 fully saturated rings. The molecule has 0 heterocycles. The summed E-state index contributed by atoms with van der Waals surface area (Å²) in [6, 6.07) is 2.84. The molecule has 0 aromatic heterocycles. The summed E-state index contributed by atoms with van der Waals surface area (Å²) in [6.45, 7) is 0.877. The van der Waals surface area contributed by atoms with Gasteiger partial charge in [0.05, 0.1) is 26.9 Å². The van der Waals surface area contributed by atoms with Crippen LogP contribution in [0.5, 0.6) is 17.2 Å². The van der Waals surface area contributed by atoms with E-state index in [-0.39, 0.29) is 0 Å². The zero-order chi connectivity index (χ0) is 17.2. The summed E-state index contributed by atoms with van der Waals surface area (Å²) < 4.78 is 15.9. The van der Waals surface area contributed by atoms with E-state index in [2.05, 4.69) is 5.32 Å². The van der Waals surface area contributed by atoms with E-state index >= 15 is 0 Å². The van der Waals surface area contributed by atoms with Gasteiger partial charge in [0.15, 0.2) is 0 Å². The van der Waals surface area contributed by atoms with Crippen molar-refractivity contribution in [2.45, 2.75) is 31.8 Å². The first kappa shape index (κ1) is 19.1. The lowest BCUT2D eigenvalue weighted by atomic mass is 10.1. The first-order valence-electron chi connectivity index (χ1n) is 7.52. The lowest BCUT2D eigenvalue weighted by molar-refractivity contribution is -0.139. The number of carboxylic acids is 1. The van der Waals surface area contributed by atoms with Crippen LogP contribution in [0.2, 0.25) is 0 Å². The molecule has 0 aliphatic carbocycles. The number of methoxy groups -OCH3 is 3. The fourth-order valence-electron chi connectivity index (χ4n) is 2.28. The number of hydrogen-bond donors (Lipinski definition) is 3. The number of rotatable bonds is 11. The Morgan fingerprint density at radius 3 is 2.22 bits per heavy atom. The van der Waals surface area contributed by atoms with Gasteiger partial charge in [-0.2, -0.15) is 0 Å². The molecule has 0 amide bonds. The van der Waals surface area contributed by atoms with Gasteiger partial charge in [-0.05, 0) is 19.4 Å². The van der Waals surface area contributed by atoms with Gasteiger partial charge in [-0.1, -0.05) is 6.42 Å². The number of benzene rings is 1. The van der Waals surface area contributed by atoms with Crippen molar-refractivity contribution in [2.75, 3.05) is 27.9 Å². The van der Waals surface area contributed by atoms with Gasteiger partial charge in [-0.25, -0.2) is 0 Å². The zero-order valence-corrected chi connectivity index (χ0v) is 13.9. The van der Waals surface area contributed by atoms with Gasteiger partial charge < -0.3 is 30.4 Å². The highest BCUT2D eigenvalue weighted by molar-refractivity contribution is 5.73. The second kappa shape index (κ2) is 9.91. The third kappa shape index (κ3) is 5.61. The number of unbranched alkanes of at least 4 members (excludes halogenated alkanes) is 1. The van der Waals surface area contributed by atoms with Crippen LogP contribution in [0, 0.1) is 0 Å². The average Bonchev–Trinajstić information content (AvgIpc) is 2.56. The molecule has 0 unspecified atom stereocenters. The highest BCUT2D eigenvalue weighted by atomic mass is 16.5. The van der Waals surface area contributed by atoms with E-state index in [4.69, 9.17) is 19.9 Å². The Bertz CT molecular complexity index is 482. The molecule has 4 N–H and O–H groups in total. The van der Waals surface area contributed by atoms with Crippen molar-refractivity contribution in [1.29, 1.82) is 0 Å². The molecule has 130 valence electrons. The van der Waals surface area contributed by atoms with Crippen molar-refractivity contribution in [3.63, 3.8) is 0 Å². The monoisotopic (exact) mass is 326 g/mol. The zero-order valence-electron chi connectivity index (χ0n) is 13.9. The van der Waals surface area contributed by atoms with Gasteiger partial charge in [0.1, 0.15) is 23.3 Å². The third-order valence-electron chi connectivity index (χ3n) is 3.59. The summed E-state index contributed by atoms with van der Waals surface area (Å²) in [5, 5.41) is 12.3. The van der Waals surface area contributed by atoms with Crippen molar-refractivity contribution in [1.82, 2.24) is 5.32 Å². The molecule has 0 saturated carbocycles. The van der Waals surface area contributed by atoms with E-state index < -0.39 is 12.0 Å². The summed E-state index contributed by atoms with van der Waals surface area (Å²) in [5.74, 6) is 0.897. The molecular formula is C16H26N2O5. The fraction of sp³-hybridized carbons (Fsp3) is 0.562. The Balaban J connectivity index is 2.87. The minimum atomic E-state index is -0.881. The molecule has 1 rings (SSSR count). The Morgan fingerprint density at radius 1 is 1.17 bits per heavy atom. The average molecular weight is 326 g/mol. The van der Waals surface area contributed by atoms with Gasteiger partial charge in [-0.3, -0.25) is 4.79 Å². The van der Waals surface area contributed by atoms with Crippen molar-refractivity contribution in [2.24, 2.45) is 5.73 Å². The Morgan fingerprint density at radius 2 is 1.78 bits per heavy atom. The smallest absolute Gasteiger partial charge is 0.320 e. The van der Waals surface area contributed by atoms with Gasteiger partial charge in [0.25, 0.3) is 0 Å². The molecule has 1 aromatic rings. The predicted molar refractivity (Wildman–Crippen MR) is 87.3 cm³/mol. The van der Waals surface area contributed by atoms with Crippen LogP contribution >= 0.6 is 0 Å². The van der Waals surface area contributed by atoms with E-state index in [1.54, 1.807) is 33.5 Å². The molecule has 0 saturated heterocycles. The van der Waals surface area contributed by atoms with Gasteiger partial charge in [-0.15, -0.1) is 0 Å². The highest BCUT2D eigenvalue weighted by Gasteiger charge is 2.19. The second-order valence-electron chi connectivity index (χ2n) is 5.07. The summed E-state index contributed by atoms with van der Waals surface area (Å²) in [5.41, 5.74) is 6.20. The van der Waals surface area contributed by atoms with Crippen LogP contribution < -0.4 is 25.3 Å². The Labute approximate surface area is 136 Å². The first-order chi connectivity index (χ1) is 11.1. The molecular weight excluding hydrogens is 300 g/mol. The molecule has 7 heteroatoms. The summed E-state index contributed by atoms with van der Waals surface area (Å²) in [7, 11) is 4.66. The van der Waals surface area contributed by atoms with Crippen molar-refractivity contribution < 1.29 is 24.1 Å². The van der Waals surface area contributed by atoms with Gasteiger partial charge in [0, 0.05) is 18.7 Å². The molecule has 0 bridgehead atoms.